The van der Waals surface area contributed by atoms with E-state index in [1.807, 2.05) is 24.3 Å². The fourth-order valence-electron chi connectivity index (χ4n) is 2.78. The number of thiophene rings is 2. The maximum Gasteiger partial charge on any atom is 0.348 e. The van der Waals surface area contributed by atoms with Crippen LogP contribution in [0.15, 0.2) is 36.5 Å². The molecular formula is C19H14ClNO4S2. The second-order valence-electron chi connectivity index (χ2n) is 5.71. The molecule has 0 radical (unpaired) electrons. The molecule has 0 saturated heterocycles. The van der Waals surface area contributed by atoms with Crippen molar-refractivity contribution in [2.75, 3.05) is 6.61 Å². The van der Waals surface area contributed by atoms with Crippen LogP contribution >= 0.6 is 34.3 Å². The number of esters is 2. The topological polar surface area (TPSA) is 68.4 Å². The fraction of sp³-hybridized carbons (Fsp3) is 0.158. The lowest BCUT2D eigenvalue weighted by molar-refractivity contribution is 0.0478. The molecule has 0 aliphatic carbocycles. The van der Waals surface area contributed by atoms with Crippen molar-refractivity contribution < 1.29 is 19.1 Å². The fourth-order valence-corrected chi connectivity index (χ4v) is 5.28. The number of hydrogen-bond acceptors (Lipinski definition) is 6. The molecule has 0 unspecified atom stereocenters. The van der Waals surface area contributed by atoms with E-state index >= 15 is 0 Å². The molecule has 4 rings (SSSR count). The average Bonchev–Trinajstić information content (AvgIpc) is 3.33. The zero-order valence-corrected chi connectivity index (χ0v) is 16.6. The number of H-pyrrole nitrogens is 1. The molecule has 0 amide bonds. The van der Waals surface area contributed by atoms with Crippen LogP contribution < -0.4 is 0 Å². The molecule has 27 heavy (non-hydrogen) atoms. The van der Waals surface area contributed by atoms with Crippen molar-refractivity contribution >= 4 is 66.5 Å². The Hall–Kier alpha value is -2.35. The number of fused-ring (bicyclic) bond motifs is 2. The summed E-state index contributed by atoms with van der Waals surface area (Å²) in [7, 11) is 0. The van der Waals surface area contributed by atoms with Crippen LogP contribution in [0.1, 0.15) is 31.8 Å². The molecule has 4 aromatic rings. The Balaban J connectivity index is 1.48. The van der Waals surface area contributed by atoms with Crippen LogP contribution in [0.5, 0.6) is 0 Å². The summed E-state index contributed by atoms with van der Waals surface area (Å²) in [6.45, 7) is 2.29. The number of rotatable bonds is 5. The zero-order chi connectivity index (χ0) is 19.0. The van der Waals surface area contributed by atoms with Gasteiger partial charge in [-0.25, -0.2) is 9.59 Å². The number of ether oxygens (including phenoxy) is 2. The third kappa shape index (κ3) is 3.45. The second kappa shape index (κ2) is 7.34. The van der Waals surface area contributed by atoms with Crippen molar-refractivity contribution in [3.05, 3.63) is 56.9 Å². The SMILES string of the molecule is CCOC(=O)c1cc2sc(COC(=O)c3c[nH]c4cccc(Cl)c34)cc2s1. The third-order valence-corrected chi connectivity index (χ3v) is 6.52. The number of nitrogens with one attached hydrogen (secondary N) is 1. The van der Waals surface area contributed by atoms with Gasteiger partial charge < -0.3 is 14.5 Å². The number of benzene rings is 1. The van der Waals surface area contributed by atoms with Crippen LogP contribution in [0.4, 0.5) is 0 Å². The minimum atomic E-state index is -0.432. The lowest BCUT2D eigenvalue weighted by Gasteiger charge is -2.03. The largest absolute Gasteiger partial charge is 0.462 e. The van der Waals surface area contributed by atoms with E-state index < -0.39 is 5.97 Å². The summed E-state index contributed by atoms with van der Waals surface area (Å²) < 4.78 is 12.4. The number of halogens is 1. The van der Waals surface area contributed by atoms with Crippen LogP contribution in [0, 0.1) is 0 Å². The Kier molecular flexibility index (Phi) is 4.90. The number of carbonyl (C=O) groups excluding carboxylic acids is 2. The van der Waals surface area contributed by atoms with E-state index in [4.69, 9.17) is 21.1 Å². The van der Waals surface area contributed by atoms with E-state index in [0.717, 1.165) is 19.8 Å². The first-order valence-electron chi connectivity index (χ1n) is 8.19. The van der Waals surface area contributed by atoms with Crippen molar-refractivity contribution in [1.29, 1.82) is 0 Å². The average molecular weight is 420 g/mol. The summed E-state index contributed by atoms with van der Waals surface area (Å²) in [5.41, 5.74) is 1.20. The number of aromatic nitrogens is 1. The molecular weight excluding hydrogens is 406 g/mol. The predicted octanol–water partition coefficient (Wildman–Crippen LogP) is 5.63. The van der Waals surface area contributed by atoms with E-state index in [1.165, 1.54) is 22.7 Å². The molecule has 5 nitrogen and oxygen atoms in total. The summed E-state index contributed by atoms with van der Waals surface area (Å²) in [6.07, 6.45) is 1.61. The molecule has 3 aromatic heterocycles. The second-order valence-corrected chi connectivity index (χ2v) is 8.37. The van der Waals surface area contributed by atoms with Crippen molar-refractivity contribution in [1.82, 2.24) is 4.98 Å². The van der Waals surface area contributed by atoms with Crippen molar-refractivity contribution in [3.8, 4) is 0 Å². The Labute approximate surface area is 167 Å². The van der Waals surface area contributed by atoms with E-state index in [2.05, 4.69) is 4.98 Å². The van der Waals surface area contributed by atoms with Crippen molar-refractivity contribution in [3.63, 3.8) is 0 Å². The molecule has 0 spiro atoms. The van der Waals surface area contributed by atoms with Gasteiger partial charge in [0, 0.05) is 31.4 Å². The van der Waals surface area contributed by atoms with Gasteiger partial charge in [-0.3, -0.25) is 0 Å². The summed E-state index contributed by atoms with van der Waals surface area (Å²) >= 11 is 9.07. The van der Waals surface area contributed by atoms with Crippen LogP contribution in [-0.2, 0) is 16.1 Å². The lowest BCUT2D eigenvalue weighted by Crippen LogP contribution is -2.03. The molecule has 1 aromatic carbocycles. The van der Waals surface area contributed by atoms with Crippen LogP contribution in [0.3, 0.4) is 0 Å². The lowest BCUT2D eigenvalue weighted by atomic mass is 10.2. The van der Waals surface area contributed by atoms with Gasteiger partial charge >= 0.3 is 11.9 Å². The molecule has 0 aliphatic rings. The quantitative estimate of drug-likeness (QED) is 0.425. The summed E-state index contributed by atoms with van der Waals surface area (Å²) in [4.78, 5) is 28.8. The smallest absolute Gasteiger partial charge is 0.348 e. The molecule has 0 saturated carbocycles. The van der Waals surface area contributed by atoms with Gasteiger partial charge in [0.05, 0.1) is 17.2 Å². The van der Waals surface area contributed by atoms with Crippen molar-refractivity contribution in [2.45, 2.75) is 13.5 Å². The third-order valence-electron chi connectivity index (χ3n) is 3.96. The Morgan fingerprint density at radius 2 is 1.93 bits per heavy atom. The van der Waals surface area contributed by atoms with Gasteiger partial charge in [0.15, 0.2) is 0 Å². The van der Waals surface area contributed by atoms with E-state index in [9.17, 15) is 9.59 Å². The van der Waals surface area contributed by atoms with Gasteiger partial charge in [-0.05, 0) is 31.2 Å². The highest BCUT2D eigenvalue weighted by Crippen LogP contribution is 2.34. The first-order chi connectivity index (χ1) is 13.1. The number of aromatic amines is 1. The number of carbonyl (C=O) groups is 2. The maximum absolute atomic E-state index is 12.5. The first kappa shape index (κ1) is 18.0. The highest BCUT2D eigenvalue weighted by molar-refractivity contribution is 7.28. The van der Waals surface area contributed by atoms with Crippen LogP contribution in [0.2, 0.25) is 5.02 Å². The van der Waals surface area contributed by atoms with Gasteiger partial charge in [0.25, 0.3) is 0 Å². The Bertz CT molecular complexity index is 1130. The van der Waals surface area contributed by atoms with Gasteiger partial charge in [0.1, 0.15) is 11.5 Å². The highest BCUT2D eigenvalue weighted by atomic mass is 35.5. The van der Waals surface area contributed by atoms with E-state index in [1.54, 1.807) is 19.2 Å². The van der Waals surface area contributed by atoms with Gasteiger partial charge in [0.2, 0.25) is 0 Å². The van der Waals surface area contributed by atoms with E-state index in [-0.39, 0.29) is 12.6 Å². The summed E-state index contributed by atoms with van der Waals surface area (Å²) in [5, 5.41) is 1.17. The molecule has 0 bridgehead atoms. The molecule has 0 fully saturated rings. The van der Waals surface area contributed by atoms with Gasteiger partial charge in [-0.1, -0.05) is 17.7 Å². The molecule has 138 valence electrons. The Morgan fingerprint density at radius 3 is 2.70 bits per heavy atom. The number of hydrogen-bond donors (Lipinski definition) is 1. The van der Waals surface area contributed by atoms with E-state index in [0.29, 0.717) is 27.5 Å². The molecule has 0 aliphatic heterocycles. The zero-order valence-electron chi connectivity index (χ0n) is 14.2. The highest BCUT2D eigenvalue weighted by Gasteiger charge is 2.17. The van der Waals surface area contributed by atoms with Crippen molar-refractivity contribution in [2.24, 2.45) is 0 Å². The predicted molar refractivity (Wildman–Crippen MR) is 108 cm³/mol. The first-order valence-corrected chi connectivity index (χ1v) is 10.2. The minimum absolute atomic E-state index is 0.163. The Morgan fingerprint density at radius 1 is 1.11 bits per heavy atom. The molecule has 1 N–H and O–H groups in total. The standard InChI is InChI=1S/C19H14ClNO4S2/c1-2-24-19(23)16-7-15-14(27-16)6-10(26-15)9-25-18(22)11-8-21-13-5-3-4-12(20)17(11)13/h3-8,21H,2,9H2,1H3. The minimum Gasteiger partial charge on any atom is -0.462 e. The maximum atomic E-state index is 12.5. The van der Waals surface area contributed by atoms with Gasteiger partial charge in [-0.15, -0.1) is 22.7 Å². The molecule has 0 atom stereocenters. The van der Waals surface area contributed by atoms with Gasteiger partial charge in [-0.2, -0.15) is 0 Å². The monoisotopic (exact) mass is 419 g/mol. The summed E-state index contributed by atoms with van der Waals surface area (Å²) in [5.74, 6) is -0.742. The molecule has 8 heteroatoms. The van der Waals surface area contributed by atoms with Crippen LogP contribution in [-0.4, -0.2) is 23.5 Å². The van der Waals surface area contributed by atoms with Crippen LogP contribution in [0.25, 0.3) is 20.3 Å². The summed E-state index contributed by atoms with van der Waals surface area (Å²) in [6, 6.07) is 9.16. The molecule has 3 heterocycles. The normalized spacial score (nSPS) is 11.2.